The van der Waals surface area contributed by atoms with Crippen molar-refractivity contribution in [3.8, 4) is 5.75 Å². The third-order valence-electron chi connectivity index (χ3n) is 3.11. The summed E-state index contributed by atoms with van der Waals surface area (Å²) in [5.41, 5.74) is 0.892. The van der Waals surface area contributed by atoms with E-state index in [0.29, 0.717) is 24.1 Å². The van der Waals surface area contributed by atoms with E-state index in [1.54, 1.807) is 0 Å². The van der Waals surface area contributed by atoms with Crippen LogP contribution in [0.3, 0.4) is 0 Å². The van der Waals surface area contributed by atoms with Gasteiger partial charge in [0.1, 0.15) is 5.75 Å². The monoisotopic (exact) mass is 290 g/mol. The van der Waals surface area contributed by atoms with Crippen molar-refractivity contribution in [2.75, 3.05) is 0 Å². The van der Waals surface area contributed by atoms with Gasteiger partial charge in [0.25, 0.3) is 0 Å². The fraction of sp³-hybridized carbons (Fsp3) is 0.500. The number of hydrogen-bond acceptors (Lipinski definition) is 5. The molecule has 0 fully saturated rings. The summed E-state index contributed by atoms with van der Waals surface area (Å²) in [7, 11) is 0. The van der Waals surface area contributed by atoms with Gasteiger partial charge >= 0.3 is 0 Å². The van der Waals surface area contributed by atoms with Gasteiger partial charge in [-0.15, -0.1) is 0 Å². The van der Waals surface area contributed by atoms with Crippen molar-refractivity contribution in [1.29, 1.82) is 0 Å². The number of hydrogen-bond donors (Lipinski definition) is 1. The van der Waals surface area contributed by atoms with Crippen LogP contribution in [0.25, 0.3) is 0 Å². The van der Waals surface area contributed by atoms with Crippen LogP contribution in [0.2, 0.25) is 0 Å². The van der Waals surface area contributed by atoms with E-state index in [2.05, 4.69) is 24.0 Å². The Labute approximate surface area is 125 Å². The minimum atomic E-state index is -0.421. The van der Waals surface area contributed by atoms with Gasteiger partial charge in [-0.05, 0) is 30.0 Å². The molecule has 0 spiro atoms. The number of aromatic nitrogens is 2. The van der Waals surface area contributed by atoms with Crippen molar-refractivity contribution >= 4 is 0 Å². The first-order chi connectivity index (χ1) is 10.1. The first-order valence-corrected chi connectivity index (χ1v) is 7.30. The van der Waals surface area contributed by atoms with E-state index in [9.17, 15) is 5.11 Å². The molecule has 21 heavy (non-hydrogen) atoms. The van der Waals surface area contributed by atoms with Crippen LogP contribution < -0.4 is 4.74 Å². The highest BCUT2D eigenvalue weighted by atomic mass is 16.5. The summed E-state index contributed by atoms with van der Waals surface area (Å²) in [5, 5.41) is 13.6. The number of benzene rings is 1. The SMILES string of the molecule is CC[C@@H](O)c1ccc(OCc2noc(CC(C)C)n2)cc1. The molecule has 0 saturated carbocycles. The Morgan fingerprint density at radius 2 is 1.95 bits per heavy atom. The van der Waals surface area contributed by atoms with Gasteiger partial charge < -0.3 is 14.4 Å². The van der Waals surface area contributed by atoms with Crippen LogP contribution in [0.15, 0.2) is 28.8 Å². The quantitative estimate of drug-likeness (QED) is 0.847. The van der Waals surface area contributed by atoms with Gasteiger partial charge in [-0.1, -0.05) is 38.1 Å². The predicted molar refractivity (Wildman–Crippen MR) is 78.9 cm³/mol. The van der Waals surface area contributed by atoms with E-state index in [4.69, 9.17) is 9.26 Å². The molecule has 5 heteroatoms. The molecule has 5 nitrogen and oxygen atoms in total. The number of nitrogens with zero attached hydrogens (tertiary/aromatic N) is 2. The lowest BCUT2D eigenvalue weighted by molar-refractivity contribution is 0.173. The normalized spacial score (nSPS) is 12.6. The topological polar surface area (TPSA) is 68.4 Å². The van der Waals surface area contributed by atoms with Gasteiger partial charge in [-0.25, -0.2) is 0 Å². The number of ether oxygens (including phenoxy) is 1. The van der Waals surface area contributed by atoms with E-state index in [-0.39, 0.29) is 6.61 Å². The van der Waals surface area contributed by atoms with Gasteiger partial charge in [0, 0.05) is 6.42 Å². The molecule has 2 rings (SSSR count). The molecule has 2 aromatic rings. The van der Waals surface area contributed by atoms with Crippen LogP contribution in [0.5, 0.6) is 5.75 Å². The highest BCUT2D eigenvalue weighted by molar-refractivity contribution is 5.28. The second-order valence-electron chi connectivity index (χ2n) is 5.48. The minimum Gasteiger partial charge on any atom is -0.485 e. The smallest absolute Gasteiger partial charge is 0.227 e. The summed E-state index contributed by atoms with van der Waals surface area (Å²) in [6.07, 6.45) is 1.05. The third-order valence-corrected chi connectivity index (χ3v) is 3.11. The molecule has 1 aromatic heterocycles. The van der Waals surface area contributed by atoms with Gasteiger partial charge in [0.05, 0.1) is 6.10 Å². The largest absolute Gasteiger partial charge is 0.485 e. The fourth-order valence-corrected chi connectivity index (χ4v) is 1.95. The van der Waals surface area contributed by atoms with Crippen molar-refractivity contribution in [2.45, 2.75) is 46.3 Å². The highest BCUT2D eigenvalue weighted by Crippen LogP contribution is 2.20. The van der Waals surface area contributed by atoms with Crippen molar-refractivity contribution < 1.29 is 14.4 Å². The summed E-state index contributed by atoms with van der Waals surface area (Å²) in [5.74, 6) is 2.39. The number of aliphatic hydroxyl groups is 1. The van der Waals surface area contributed by atoms with E-state index in [1.807, 2.05) is 31.2 Å². The zero-order chi connectivity index (χ0) is 15.2. The van der Waals surface area contributed by atoms with E-state index < -0.39 is 6.10 Å². The van der Waals surface area contributed by atoms with Gasteiger partial charge in [-0.2, -0.15) is 4.98 Å². The summed E-state index contributed by atoms with van der Waals surface area (Å²) in [6.45, 7) is 6.43. The molecule has 0 radical (unpaired) electrons. The Hall–Kier alpha value is -1.88. The van der Waals surface area contributed by atoms with Gasteiger partial charge in [-0.3, -0.25) is 0 Å². The molecule has 1 aromatic carbocycles. The Balaban J connectivity index is 1.89. The predicted octanol–water partition coefficient (Wildman–Crippen LogP) is 3.29. The average molecular weight is 290 g/mol. The number of aliphatic hydroxyl groups excluding tert-OH is 1. The number of rotatable bonds is 7. The maximum Gasteiger partial charge on any atom is 0.227 e. The lowest BCUT2D eigenvalue weighted by atomic mass is 10.1. The molecule has 0 amide bonds. The van der Waals surface area contributed by atoms with Crippen LogP contribution in [-0.2, 0) is 13.0 Å². The Bertz CT molecular complexity index is 549. The van der Waals surface area contributed by atoms with Crippen LogP contribution in [0.4, 0.5) is 0 Å². The second kappa shape index (κ2) is 7.22. The third kappa shape index (κ3) is 4.56. The lowest BCUT2D eigenvalue weighted by Crippen LogP contribution is -2.00. The molecule has 0 saturated heterocycles. The lowest BCUT2D eigenvalue weighted by Gasteiger charge is -2.09. The van der Waals surface area contributed by atoms with Crippen molar-refractivity contribution in [3.05, 3.63) is 41.5 Å². The summed E-state index contributed by atoms with van der Waals surface area (Å²) < 4.78 is 10.8. The molecule has 1 N–H and O–H groups in total. The van der Waals surface area contributed by atoms with Crippen LogP contribution in [0.1, 0.15) is 50.6 Å². The van der Waals surface area contributed by atoms with E-state index in [1.165, 1.54) is 0 Å². The summed E-state index contributed by atoms with van der Waals surface area (Å²) in [4.78, 5) is 4.28. The molecule has 0 aliphatic carbocycles. The van der Waals surface area contributed by atoms with E-state index >= 15 is 0 Å². The maximum atomic E-state index is 9.73. The summed E-state index contributed by atoms with van der Waals surface area (Å²) in [6, 6.07) is 7.40. The van der Waals surface area contributed by atoms with Crippen molar-refractivity contribution in [1.82, 2.24) is 10.1 Å². The van der Waals surface area contributed by atoms with Crippen molar-refractivity contribution in [3.63, 3.8) is 0 Å². The maximum absolute atomic E-state index is 9.73. The first kappa shape index (κ1) is 15.5. The molecule has 0 bridgehead atoms. The fourth-order valence-electron chi connectivity index (χ4n) is 1.95. The average Bonchev–Trinajstić information content (AvgIpc) is 2.91. The van der Waals surface area contributed by atoms with Crippen LogP contribution >= 0.6 is 0 Å². The Morgan fingerprint density at radius 3 is 2.57 bits per heavy atom. The highest BCUT2D eigenvalue weighted by Gasteiger charge is 2.09. The van der Waals surface area contributed by atoms with Gasteiger partial charge in [0.15, 0.2) is 6.61 Å². The molecule has 1 heterocycles. The zero-order valence-corrected chi connectivity index (χ0v) is 12.7. The van der Waals surface area contributed by atoms with Crippen LogP contribution in [0, 0.1) is 5.92 Å². The molecule has 0 aliphatic heterocycles. The second-order valence-corrected chi connectivity index (χ2v) is 5.48. The standard InChI is InChI=1S/C16H22N2O3/c1-4-14(19)12-5-7-13(8-6-12)20-10-15-17-16(21-18-15)9-11(2)3/h5-8,11,14,19H,4,9-10H2,1-3H3/t14-/m1/s1. The molecule has 0 unspecified atom stereocenters. The zero-order valence-electron chi connectivity index (χ0n) is 12.7. The van der Waals surface area contributed by atoms with Gasteiger partial charge in [0.2, 0.25) is 11.7 Å². The summed E-state index contributed by atoms with van der Waals surface area (Å²) >= 11 is 0. The molecule has 0 aliphatic rings. The Kier molecular flexibility index (Phi) is 5.33. The first-order valence-electron chi connectivity index (χ1n) is 7.30. The van der Waals surface area contributed by atoms with Crippen molar-refractivity contribution in [2.24, 2.45) is 5.92 Å². The minimum absolute atomic E-state index is 0.275. The molecule has 1 atom stereocenters. The Morgan fingerprint density at radius 1 is 1.24 bits per heavy atom. The van der Waals surface area contributed by atoms with E-state index in [0.717, 1.165) is 17.7 Å². The van der Waals surface area contributed by atoms with Crippen LogP contribution in [-0.4, -0.2) is 15.2 Å². The molecular weight excluding hydrogens is 268 g/mol. The molecule has 114 valence electrons. The molecular formula is C16H22N2O3.